The average molecular weight is 334 g/mol. The first-order valence-corrected chi connectivity index (χ1v) is 7.14. The molecule has 94 valence electrons. The smallest absolute Gasteiger partial charge is 0.335 e. The lowest BCUT2D eigenvalue weighted by atomic mass is 10.1. The first kappa shape index (κ1) is 12.3. The van der Waals surface area contributed by atoms with Gasteiger partial charge in [-0.15, -0.1) is 11.3 Å². The minimum atomic E-state index is -0.925. The molecule has 2 aromatic carbocycles. The van der Waals surface area contributed by atoms with E-state index in [0.717, 1.165) is 25.3 Å². The molecule has 1 aromatic heterocycles. The molecule has 0 aliphatic rings. The van der Waals surface area contributed by atoms with Crippen LogP contribution in [0.1, 0.15) is 10.4 Å². The van der Waals surface area contributed by atoms with Crippen LogP contribution in [0.5, 0.6) is 0 Å². The van der Waals surface area contributed by atoms with Crippen LogP contribution in [-0.4, -0.2) is 16.1 Å². The van der Waals surface area contributed by atoms with Crippen molar-refractivity contribution in [2.24, 2.45) is 0 Å². The molecule has 19 heavy (non-hydrogen) atoms. The number of carboxylic acid groups (broad SMARTS) is 1. The number of carbonyl (C=O) groups is 1. The number of thiazole rings is 1. The molecular weight excluding hydrogens is 326 g/mol. The molecule has 0 spiro atoms. The van der Waals surface area contributed by atoms with Gasteiger partial charge in [-0.2, -0.15) is 0 Å². The molecule has 0 atom stereocenters. The summed E-state index contributed by atoms with van der Waals surface area (Å²) in [6.07, 6.45) is 0. The summed E-state index contributed by atoms with van der Waals surface area (Å²) in [5.74, 6) is -0.925. The van der Waals surface area contributed by atoms with Gasteiger partial charge in [-0.05, 0) is 30.3 Å². The summed E-state index contributed by atoms with van der Waals surface area (Å²) in [6, 6.07) is 12.7. The van der Waals surface area contributed by atoms with Crippen LogP contribution in [0.3, 0.4) is 0 Å². The van der Waals surface area contributed by atoms with Crippen LogP contribution in [0, 0.1) is 0 Å². The van der Waals surface area contributed by atoms with Gasteiger partial charge >= 0.3 is 5.97 Å². The van der Waals surface area contributed by atoms with Crippen LogP contribution >= 0.6 is 27.3 Å². The lowest BCUT2D eigenvalue weighted by molar-refractivity contribution is 0.0697. The molecule has 0 aliphatic heterocycles. The number of nitrogens with zero attached hydrogens (tertiary/aromatic N) is 1. The lowest BCUT2D eigenvalue weighted by Gasteiger charge is -1.97. The van der Waals surface area contributed by atoms with Crippen molar-refractivity contribution in [3.63, 3.8) is 0 Å². The normalized spacial score (nSPS) is 10.8. The Balaban J connectivity index is 2.13. The van der Waals surface area contributed by atoms with Gasteiger partial charge in [0.15, 0.2) is 0 Å². The predicted octanol–water partition coefficient (Wildman–Crippen LogP) is 4.42. The fourth-order valence-corrected chi connectivity index (χ4v) is 3.32. The van der Waals surface area contributed by atoms with Crippen LogP contribution in [0.25, 0.3) is 20.8 Å². The van der Waals surface area contributed by atoms with Gasteiger partial charge in [-0.25, -0.2) is 9.78 Å². The monoisotopic (exact) mass is 333 g/mol. The molecule has 0 saturated carbocycles. The summed E-state index contributed by atoms with van der Waals surface area (Å²) in [4.78, 5) is 15.5. The van der Waals surface area contributed by atoms with E-state index in [4.69, 9.17) is 5.11 Å². The third-order valence-corrected chi connectivity index (χ3v) is 4.27. The maximum Gasteiger partial charge on any atom is 0.335 e. The second kappa shape index (κ2) is 4.75. The number of benzene rings is 2. The van der Waals surface area contributed by atoms with Crippen molar-refractivity contribution in [2.75, 3.05) is 0 Å². The Morgan fingerprint density at radius 2 is 2.05 bits per heavy atom. The fourth-order valence-electron chi connectivity index (χ4n) is 1.81. The van der Waals surface area contributed by atoms with E-state index in [1.54, 1.807) is 29.5 Å². The number of fused-ring (bicyclic) bond motifs is 1. The molecular formula is C14H8BrNO2S. The van der Waals surface area contributed by atoms with Crippen LogP contribution in [0.2, 0.25) is 0 Å². The number of aromatic carboxylic acids is 1. The van der Waals surface area contributed by atoms with Crippen LogP contribution < -0.4 is 0 Å². The molecule has 3 nitrogen and oxygen atoms in total. The zero-order chi connectivity index (χ0) is 13.4. The van der Waals surface area contributed by atoms with E-state index in [2.05, 4.69) is 20.9 Å². The maximum absolute atomic E-state index is 11.0. The van der Waals surface area contributed by atoms with Gasteiger partial charge in [-0.3, -0.25) is 0 Å². The van der Waals surface area contributed by atoms with Gasteiger partial charge in [0.2, 0.25) is 0 Å². The molecule has 1 N–H and O–H groups in total. The van der Waals surface area contributed by atoms with Crippen molar-refractivity contribution in [3.8, 4) is 10.6 Å². The van der Waals surface area contributed by atoms with E-state index in [0.29, 0.717) is 0 Å². The molecule has 5 heteroatoms. The second-order valence-corrected chi connectivity index (χ2v) is 5.96. The summed E-state index contributed by atoms with van der Waals surface area (Å²) in [5, 5.41) is 9.84. The molecule has 0 bridgehead atoms. The van der Waals surface area contributed by atoms with Crippen LogP contribution in [0.15, 0.2) is 46.9 Å². The quantitative estimate of drug-likeness (QED) is 0.754. The Kier molecular flexibility index (Phi) is 3.08. The summed E-state index contributed by atoms with van der Waals surface area (Å²) >= 11 is 4.98. The van der Waals surface area contributed by atoms with Crippen molar-refractivity contribution >= 4 is 43.5 Å². The minimum absolute atomic E-state index is 0.276. The molecule has 1 heterocycles. The second-order valence-electron chi connectivity index (χ2n) is 4.02. The molecule has 0 unspecified atom stereocenters. The average Bonchev–Trinajstić information content (AvgIpc) is 2.81. The van der Waals surface area contributed by atoms with Crippen LogP contribution in [-0.2, 0) is 0 Å². The fraction of sp³-hybridized carbons (Fsp3) is 0. The van der Waals surface area contributed by atoms with Crippen molar-refractivity contribution in [2.45, 2.75) is 0 Å². The number of halogens is 1. The van der Waals surface area contributed by atoms with Crippen molar-refractivity contribution in [3.05, 3.63) is 52.5 Å². The van der Waals surface area contributed by atoms with Gasteiger partial charge in [0.25, 0.3) is 0 Å². The Morgan fingerprint density at radius 1 is 1.21 bits per heavy atom. The summed E-state index contributed by atoms with van der Waals surface area (Å²) < 4.78 is 2.08. The Labute approximate surface area is 121 Å². The molecule has 3 aromatic rings. The summed E-state index contributed by atoms with van der Waals surface area (Å²) in [5.41, 5.74) is 2.03. The molecule has 3 rings (SSSR count). The lowest BCUT2D eigenvalue weighted by Crippen LogP contribution is -1.95. The highest BCUT2D eigenvalue weighted by Gasteiger charge is 2.09. The topological polar surface area (TPSA) is 50.2 Å². The SMILES string of the molecule is O=C(O)c1cccc(-c2nc3ccc(Br)cc3s2)c1. The Hall–Kier alpha value is -1.72. The molecule has 0 aliphatic carbocycles. The largest absolute Gasteiger partial charge is 0.478 e. The zero-order valence-corrected chi connectivity index (χ0v) is 12.0. The standard InChI is InChI=1S/C14H8BrNO2S/c15-10-4-5-11-12(7-10)19-13(16-11)8-2-1-3-9(6-8)14(17)18/h1-7H,(H,17,18). The number of rotatable bonds is 2. The first-order chi connectivity index (χ1) is 9.13. The molecule has 0 amide bonds. The van der Waals surface area contributed by atoms with Gasteiger partial charge in [-0.1, -0.05) is 28.1 Å². The van der Waals surface area contributed by atoms with Gasteiger partial charge in [0, 0.05) is 10.0 Å². The van der Waals surface area contributed by atoms with E-state index >= 15 is 0 Å². The number of hydrogen-bond acceptors (Lipinski definition) is 3. The summed E-state index contributed by atoms with van der Waals surface area (Å²) in [6.45, 7) is 0. The van der Waals surface area contributed by atoms with Gasteiger partial charge in [0.05, 0.1) is 15.8 Å². The van der Waals surface area contributed by atoms with E-state index < -0.39 is 5.97 Å². The summed E-state index contributed by atoms with van der Waals surface area (Å²) in [7, 11) is 0. The van der Waals surface area contributed by atoms with Crippen molar-refractivity contribution in [1.82, 2.24) is 4.98 Å². The Bertz CT molecular complexity index is 782. The van der Waals surface area contributed by atoms with Crippen LogP contribution in [0.4, 0.5) is 0 Å². The highest BCUT2D eigenvalue weighted by molar-refractivity contribution is 9.10. The van der Waals surface area contributed by atoms with E-state index in [1.165, 1.54) is 0 Å². The Morgan fingerprint density at radius 3 is 2.84 bits per heavy atom. The van der Waals surface area contributed by atoms with Crippen molar-refractivity contribution in [1.29, 1.82) is 0 Å². The molecule has 0 fully saturated rings. The third-order valence-electron chi connectivity index (χ3n) is 2.71. The first-order valence-electron chi connectivity index (χ1n) is 5.53. The number of carboxylic acids is 1. The van der Waals surface area contributed by atoms with E-state index in [9.17, 15) is 4.79 Å². The molecule has 0 saturated heterocycles. The predicted molar refractivity (Wildman–Crippen MR) is 79.7 cm³/mol. The third kappa shape index (κ3) is 2.39. The highest BCUT2D eigenvalue weighted by Crippen LogP contribution is 2.32. The van der Waals surface area contributed by atoms with Crippen molar-refractivity contribution < 1.29 is 9.90 Å². The number of hydrogen-bond donors (Lipinski definition) is 1. The van der Waals surface area contributed by atoms with Gasteiger partial charge in [0.1, 0.15) is 5.01 Å². The van der Waals surface area contributed by atoms with E-state index in [1.807, 2.05) is 24.3 Å². The maximum atomic E-state index is 11.0. The minimum Gasteiger partial charge on any atom is -0.478 e. The highest BCUT2D eigenvalue weighted by atomic mass is 79.9. The number of aromatic nitrogens is 1. The van der Waals surface area contributed by atoms with E-state index in [-0.39, 0.29) is 5.56 Å². The zero-order valence-electron chi connectivity index (χ0n) is 9.63. The van der Waals surface area contributed by atoms with Gasteiger partial charge < -0.3 is 5.11 Å². The molecule has 0 radical (unpaired) electrons.